The molecule has 0 saturated heterocycles. The van der Waals surface area contributed by atoms with E-state index in [0.29, 0.717) is 16.3 Å². The number of hydrogen-bond donors (Lipinski definition) is 1. The van der Waals surface area contributed by atoms with Crippen molar-refractivity contribution in [2.75, 3.05) is 0 Å². The normalized spacial score (nSPS) is 12.3. The lowest BCUT2D eigenvalue weighted by molar-refractivity contribution is 1.05. The standard InChI is InChI=1S/C17H11N3O2/c21-15-12-8-4-5-9-13(12)18-17-19-14(16(22)20(15)17)10-11-6-2-1-3-7-11/h1-10H,(H,18,19)/b14-10-. The van der Waals surface area contributed by atoms with Crippen molar-refractivity contribution in [2.24, 2.45) is 0 Å². The number of para-hydroxylation sites is 1. The van der Waals surface area contributed by atoms with Gasteiger partial charge in [0.1, 0.15) is 5.35 Å². The van der Waals surface area contributed by atoms with Gasteiger partial charge < -0.3 is 4.98 Å². The summed E-state index contributed by atoms with van der Waals surface area (Å²) in [6, 6.07) is 16.4. The van der Waals surface area contributed by atoms with Gasteiger partial charge in [-0.3, -0.25) is 9.59 Å². The highest BCUT2D eigenvalue weighted by Gasteiger charge is 2.10. The Morgan fingerprint density at radius 2 is 1.64 bits per heavy atom. The first-order valence-corrected chi connectivity index (χ1v) is 6.84. The van der Waals surface area contributed by atoms with E-state index in [0.717, 1.165) is 9.96 Å². The third-order valence-corrected chi connectivity index (χ3v) is 3.57. The molecule has 106 valence electrons. The van der Waals surface area contributed by atoms with Crippen molar-refractivity contribution in [3.8, 4) is 0 Å². The van der Waals surface area contributed by atoms with E-state index in [1.54, 1.807) is 24.3 Å². The molecule has 5 heteroatoms. The van der Waals surface area contributed by atoms with Crippen LogP contribution >= 0.6 is 0 Å². The van der Waals surface area contributed by atoms with Crippen LogP contribution in [0.5, 0.6) is 0 Å². The average molecular weight is 289 g/mol. The number of rotatable bonds is 1. The van der Waals surface area contributed by atoms with Crippen molar-refractivity contribution >= 4 is 22.8 Å². The third-order valence-electron chi connectivity index (χ3n) is 3.57. The van der Waals surface area contributed by atoms with Crippen LogP contribution < -0.4 is 16.5 Å². The van der Waals surface area contributed by atoms with E-state index in [-0.39, 0.29) is 16.9 Å². The maximum atomic E-state index is 12.5. The molecule has 2 aromatic heterocycles. The first-order valence-electron chi connectivity index (χ1n) is 6.84. The summed E-state index contributed by atoms with van der Waals surface area (Å²) >= 11 is 0. The fourth-order valence-electron chi connectivity index (χ4n) is 2.51. The minimum absolute atomic E-state index is 0.260. The number of benzene rings is 2. The van der Waals surface area contributed by atoms with E-state index in [1.807, 2.05) is 36.4 Å². The number of fused-ring (bicyclic) bond motifs is 2. The van der Waals surface area contributed by atoms with E-state index in [2.05, 4.69) is 9.97 Å². The van der Waals surface area contributed by atoms with Gasteiger partial charge in [0.05, 0.1) is 10.9 Å². The zero-order chi connectivity index (χ0) is 15.1. The molecular formula is C17H11N3O2. The van der Waals surface area contributed by atoms with Gasteiger partial charge in [0, 0.05) is 0 Å². The second-order valence-electron chi connectivity index (χ2n) is 4.99. The molecule has 0 unspecified atom stereocenters. The summed E-state index contributed by atoms with van der Waals surface area (Å²) in [4.78, 5) is 32.2. The summed E-state index contributed by atoms with van der Waals surface area (Å²) in [5, 5.41) is 0.772. The van der Waals surface area contributed by atoms with Gasteiger partial charge in [0.15, 0.2) is 0 Å². The molecule has 0 radical (unpaired) electrons. The summed E-state index contributed by atoms with van der Waals surface area (Å²) in [7, 11) is 0. The molecule has 0 saturated carbocycles. The maximum Gasteiger partial charge on any atom is 0.284 e. The van der Waals surface area contributed by atoms with E-state index in [1.165, 1.54) is 0 Å². The molecule has 2 heterocycles. The molecule has 0 bridgehead atoms. The minimum atomic E-state index is -0.387. The van der Waals surface area contributed by atoms with Crippen molar-refractivity contribution in [1.29, 1.82) is 0 Å². The van der Waals surface area contributed by atoms with Crippen LogP contribution in [0, 0.1) is 0 Å². The quantitative estimate of drug-likeness (QED) is 0.570. The van der Waals surface area contributed by atoms with Crippen molar-refractivity contribution in [2.45, 2.75) is 0 Å². The molecule has 4 rings (SSSR count). The molecule has 4 aromatic rings. The number of aromatic nitrogens is 3. The van der Waals surface area contributed by atoms with Gasteiger partial charge >= 0.3 is 0 Å². The van der Waals surface area contributed by atoms with Gasteiger partial charge in [-0.25, -0.2) is 9.38 Å². The lowest BCUT2D eigenvalue weighted by Gasteiger charge is -1.96. The summed E-state index contributed by atoms with van der Waals surface area (Å²) in [5.74, 6) is 0.260. The van der Waals surface area contributed by atoms with E-state index < -0.39 is 0 Å². The number of aromatic amines is 1. The van der Waals surface area contributed by atoms with Gasteiger partial charge in [-0.1, -0.05) is 42.5 Å². The van der Waals surface area contributed by atoms with Crippen LogP contribution in [0.3, 0.4) is 0 Å². The summed E-state index contributed by atoms with van der Waals surface area (Å²) in [6.45, 7) is 0. The molecule has 0 fully saturated rings. The molecule has 0 atom stereocenters. The number of imidazole rings is 1. The van der Waals surface area contributed by atoms with Crippen molar-refractivity contribution in [3.05, 3.63) is 86.2 Å². The SMILES string of the molecule is O=c1/c(=C/c2ccccc2)[nH]c2nc3ccccc3c(=O)n12. The van der Waals surface area contributed by atoms with Crippen molar-refractivity contribution in [1.82, 2.24) is 14.4 Å². The fraction of sp³-hybridized carbons (Fsp3) is 0. The Bertz CT molecular complexity index is 1160. The molecule has 0 aliphatic carbocycles. The van der Waals surface area contributed by atoms with E-state index >= 15 is 0 Å². The fourth-order valence-corrected chi connectivity index (χ4v) is 2.51. The lowest BCUT2D eigenvalue weighted by Crippen LogP contribution is -2.31. The zero-order valence-electron chi connectivity index (χ0n) is 11.5. The third kappa shape index (κ3) is 1.83. The topological polar surface area (TPSA) is 67.2 Å². The molecule has 2 aromatic carbocycles. The van der Waals surface area contributed by atoms with Crippen LogP contribution in [0.4, 0.5) is 0 Å². The Labute approximate surface area is 124 Å². The molecule has 5 nitrogen and oxygen atoms in total. The molecular weight excluding hydrogens is 278 g/mol. The number of nitrogens with zero attached hydrogens (tertiary/aromatic N) is 2. The summed E-state index contributed by atoms with van der Waals surface area (Å²) in [6.07, 6.45) is 1.71. The molecule has 0 amide bonds. The Hall–Kier alpha value is -3.21. The molecule has 0 aliphatic heterocycles. The summed E-state index contributed by atoms with van der Waals surface area (Å²) in [5.41, 5.74) is 0.709. The Balaban J connectivity index is 2.12. The van der Waals surface area contributed by atoms with Crippen LogP contribution in [0.25, 0.3) is 22.8 Å². The zero-order valence-corrected chi connectivity index (χ0v) is 11.5. The molecule has 1 N–H and O–H groups in total. The smallest absolute Gasteiger partial charge is 0.284 e. The number of nitrogens with one attached hydrogen (secondary N) is 1. The monoisotopic (exact) mass is 289 g/mol. The molecule has 0 aliphatic rings. The minimum Gasteiger partial charge on any atom is -0.320 e. The van der Waals surface area contributed by atoms with Crippen molar-refractivity contribution < 1.29 is 0 Å². The van der Waals surface area contributed by atoms with Gasteiger partial charge in [0.2, 0.25) is 5.78 Å². The van der Waals surface area contributed by atoms with Crippen LogP contribution in [-0.2, 0) is 0 Å². The van der Waals surface area contributed by atoms with Crippen LogP contribution in [-0.4, -0.2) is 14.4 Å². The highest BCUT2D eigenvalue weighted by Crippen LogP contribution is 2.05. The Morgan fingerprint density at radius 3 is 2.45 bits per heavy atom. The first-order chi connectivity index (χ1) is 10.7. The van der Waals surface area contributed by atoms with Crippen LogP contribution in [0.15, 0.2) is 64.2 Å². The van der Waals surface area contributed by atoms with Crippen LogP contribution in [0.2, 0.25) is 0 Å². The number of H-pyrrole nitrogens is 1. The van der Waals surface area contributed by atoms with Gasteiger partial charge in [-0.15, -0.1) is 0 Å². The van der Waals surface area contributed by atoms with Gasteiger partial charge in [-0.05, 0) is 23.8 Å². The lowest BCUT2D eigenvalue weighted by atomic mass is 10.2. The highest BCUT2D eigenvalue weighted by atomic mass is 16.2. The van der Waals surface area contributed by atoms with Gasteiger partial charge in [-0.2, -0.15) is 0 Å². The predicted octanol–water partition coefficient (Wildman–Crippen LogP) is 1.08. The highest BCUT2D eigenvalue weighted by molar-refractivity contribution is 5.78. The van der Waals surface area contributed by atoms with Crippen molar-refractivity contribution in [3.63, 3.8) is 0 Å². The molecule has 22 heavy (non-hydrogen) atoms. The number of hydrogen-bond acceptors (Lipinski definition) is 3. The largest absolute Gasteiger partial charge is 0.320 e. The second kappa shape index (κ2) is 4.66. The average Bonchev–Trinajstić information content (AvgIpc) is 2.85. The van der Waals surface area contributed by atoms with E-state index in [4.69, 9.17) is 0 Å². The van der Waals surface area contributed by atoms with Crippen LogP contribution in [0.1, 0.15) is 5.56 Å². The Kier molecular flexibility index (Phi) is 2.66. The first kappa shape index (κ1) is 12.5. The van der Waals surface area contributed by atoms with Gasteiger partial charge in [0.25, 0.3) is 11.1 Å². The van der Waals surface area contributed by atoms with E-state index in [9.17, 15) is 9.59 Å². The Morgan fingerprint density at radius 1 is 0.909 bits per heavy atom. The summed E-state index contributed by atoms with van der Waals surface area (Å²) < 4.78 is 1.08. The predicted molar refractivity (Wildman–Crippen MR) is 84.8 cm³/mol. The maximum absolute atomic E-state index is 12.5. The molecule has 0 spiro atoms. The second-order valence-corrected chi connectivity index (χ2v) is 4.99.